The fourth-order valence-electron chi connectivity index (χ4n) is 1.88. The number of anilines is 1. The van der Waals surface area contributed by atoms with Crippen LogP contribution in [-0.2, 0) is 19.6 Å². The smallest absolute Gasteiger partial charge is 0.152 e. The van der Waals surface area contributed by atoms with Crippen LogP contribution in [-0.4, -0.2) is 31.3 Å². The minimum Gasteiger partial charge on any atom is -0.346 e. The summed E-state index contributed by atoms with van der Waals surface area (Å²) in [5.41, 5.74) is 6.29. The Balaban J connectivity index is 1.81. The van der Waals surface area contributed by atoms with Gasteiger partial charge in [0.25, 0.3) is 0 Å². The van der Waals surface area contributed by atoms with E-state index in [2.05, 4.69) is 29.6 Å². The lowest BCUT2D eigenvalue weighted by Crippen LogP contribution is -2.34. The Labute approximate surface area is 98.3 Å². The van der Waals surface area contributed by atoms with Gasteiger partial charge in [-0.15, -0.1) is 10.2 Å². The van der Waals surface area contributed by atoms with E-state index in [1.807, 2.05) is 0 Å². The second-order valence-electron chi connectivity index (χ2n) is 3.93. The molecule has 1 aliphatic heterocycles. The van der Waals surface area contributed by atoms with Gasteiger partial charge in [0.05, 0.1) is 24.6 Å². The molecule has 0 unspecified atom stereocenters. The van der Waals surface area contributed by atoms with E-state index in [0.717, 1.165) is 37.0 Å². The summed E-state index contributed by atoms with van der Waals surface area (Å²) < 4.78 is 2.05. The minimum atomic E-state index is 0.418. The number of aromatic nitrogens is 5. The molecule has 0 atom stereocenters. The van der Waals surface area contributed by atoms with Crippen LogP contribution in [0.2, 0.25) is 0 Å². The molecule has 7 nitrogen and oxygen atoms in total. The first-order valence-electron chi connectivity index (χ1n) is 5.49. The van der Waals surface area contributed by atoms with E-state index in [0.29, 0.717) is 6.54 Å². The SMILES string of the molecule is NCc1cnc(N2CCn3cnnc3C2)cn1. The first-order valence-corrected chi connectivity index (χ1v) is 5.49. The molecule has 17 heavy (non-hydrogen) atoms. The van der Waals surface area contributed by atoms with Gasteiger partial charge in [0, 0.05) is 19.6 Å². The van der Waals surface area contributed by atoms with E-state index in [9.17, 15) is 0 Å². The zero-order valence-corrected chi connectivity index (χ0v) is 9.32. The molecule has 2 aromatic rings. The van der Waals surface area contributed by atoms with E-state index in [1.54, 1.807) is 18.7 Å². The Bertz CT molecular complexity index is 504. The highest BCUT2D eigenvalue weighted by Gasteiger charge is 2.18. The largest absolute Gasteiger partial charge is 0.346 e. The van der Waals surface area contributed by atoms with Crippen molar-refractivity contribution >= 4 is 5.82 Å². The molecule has 0 aliphatic carbocycles. The number of hydrogen-bond donors (Lipinski definition) is 1. The van der Waals surface area contributed by atoms with Crippen molar-refractivity contribution in [3.8, 4) is 0 Å². The Hall–Kier alpha value is -2.02. The van der Waals surface area contributed by atoms with Gasteiger partial charge in [-0.1, -0.05) is 0 Å². The molecule has 2 N–H and O–H groups in total. The molecule has 3 heterocycles. The number of hydrogen-bond acceptors (Lipinski definition) is 6. The van der Waals surface area contributed by atoms with Gasteiger partial charge in [-0.2, -0.15) is 0 Å². The van der Waals surface area contributed by atoms with Crippen molar-refractivity contribution in [2.24, 2.45) is 5.73 Å². The van der Waals surface area contributed by atoms with Crippen LogP contribution < -0.4 is 10.6 Å². The third kappa shape index (κ3) is 1.84. The first-order chi connectivity index (χ1) is 8.36. The zero-order chi connectivity index (χ0) is 11.7. The lowest BCUT2D eigenvalue weighted by molar-refractivity contribution is 0.555. The topological polar surface area (TPSA) is 85.8 Å². The number of fused-ring (bicyclic) bond motifs is 1. The highest BCUT2D eigenvalue weighted by molar-refractivity contribution is 5.36. The fraction of sp³-hybridized carbons (Fsp3) is 0.400. The molecule has 0 radical (unpaired) electrons. The molecule has 0 saturated heterocycles. The fourth-order valence-corrected chi connectivity index (χ4v) is 1.88. The van der Waals surface area contributed by atoms with Gasteiger partial charge < -0.3 is 15.2 Å². The van der Waals surface area contributed by atoms with Crippen LogP contribution in [0.5, 0.6) is 0 Å². The Morgan fingerprint density at radius 1 is 1.24 bits per heavy atom. The highest BCUT2D eigenvalue weighted by Crippen LogP contribution is 2.16. The lowest BCUT2D eigenvalue weighted by atomic mass is 10.3. The molecule has 2 aromatic heterocycles. The number of nitrogens with two attached hydrogens (primary N) is 1. The van der Waals surface area contributed by atoms with Crippen LogP contribution in [0.1, 0.15) is 11.5 Å². The van der Waals surface area contributed by atoms with Gasteiger partial charge in [-0.3, -0.25) is 4.98 Å². The van der Waals surface area contributed by atoms with E-state index in [4.69, 9.17) is 5.73 Å². The molecule has 0 aromatic carbocycles. The average molecular weight is 231 g/mol. The van der Waals surface area contributed by atoms with Crippen LogP contribution in [0.25, 0.3) is 0 Å². The molecule has 3 rings (SSSR count). The van der Waals surface area contributed by atoms with Crippen LogP contribution in [0.4, 0.5) is 5.82 Å². The Morgan fingerprint density at radius 3 is 2.94 bits per heavy atom. The summed E-state index contributed by atoms with van der Waals surface area (Å²) >= 11 is 0. The molecule has 0 fully saturated rings. The normalized spacial score (nSPS) is 14.8. The summed E-state index contributed by atoms with van der Waals surface area (Å²) in [6, 6.07) is 0. The minimum absolute atomic E-state index is 0.418. The first kappa shape index (κ1) is 10.2. The Morgan fingerprint density at radius 2 is 2.18 bits per heavy atom. The summed E-state index contributed by atoms with van der Waals surface area (Å²) in [7, 11) is 0. The van der Waals surface area contributed by atoms with Crippen molar-refractivity contribution in [3.05, 3.63) is 30.2 Å². The summed E-state index contributed by atoms with van der Waals surface area (Å²) in [6.45, 7) is 2.91. The van der Waals surface area contributed by atoms with Crippen molar-refractivity contribution < 1.29 is 0 Å². The Kier molecular flexibility index (Phi) is 2.45. The van der Waals surface area contributed by atoms with Crippen LogP contribution >= 0.6 is 0 Å². The summed E-state index contributed by atoms with van der Waals surface area (Å²) in [6.07, 6.45) is 5.23. The number of nitrogens with zero attached hydrogens (tertiary/aromatic N) is 6. The maximum absolute atomic E-state index is 5.49. The van der Waals surface area contributed by atoms with E-state index >= 15 is 0 Å². The molecule has 0 spiro atoms. The maximum Gasteiger partial charge on any atom is 0.152 e. The predicted molar refractivity (Wildman–Crippen MR) is 61.0 cm³/mol. The third-order valence-corrected chi connectivity index (χ3v) is 2.86. The van der Waals surface area contributed by atoms with Crippen LogP contribution in [0, 0.1) is 0 Å². The van der Waals surface area contributed by atoms with Crippen LogP contribution in [0.15, 0.2) is 18.7 Å². The second-order valence-corrected chi connectivity index (χ2v) is 3.93. The average Bonchev–Trinajstić information content (AvgIpc) is 2.86. The van der Waals surface area contributed by atoms with Crippen LogP contribution in [0.3, 0.4) is 0 Å². The molecule has 0 saturated carbocycles. The molecule has 1 aliphatic rings. The monoisotopic (exact) mass is 231 g/mol. The third-order valence-electron chi connectivity index (χ3n) is 2.86. The van der Waals surface area contributed by atoms with E-state index < -0.39 is 0 Å². The quantitative estimate of drug-likeness (QED) is 0.753. The zero-order valence-electron chi connectivity index (χ0n) is 9.32. The van der Waals surface area contributed by atoms with Crippen molar-refractivity contribution in [2.45, 2.75) is 19.6 Å². The summed E-state index contributed by atoms with van der Waals surface area (Å²) in [4.78, 5) is 10.7. The molecule has 88 valence electrons. The van der Waals surface area contributed by atoms with Gasteiger partial charge >= 0.3 is 0 Å². The van der Waals surface area contributed by atoms with E-state index in [-0.39, 0.29) is 0 Å². The van der Waals surface area contributed by atoms with Gasteiger partial charge in [0.15, 0.2) is 5.82 Å². The van der Waals surface area contributed by atoms with Gasteiger partial charge in [-0.25, -0.2) is 4.98 Å². The molecular formula is C10H13N7. The summed E-state index contributed by atoms with van der Waals surface area (Å²) in [5, 5.41) is 7.96. The lowest BCUT2D eigenvalue weighted by Gasteiger charge is -2.27. The standard InChI is InChI=1S/C10H13N7/c11-3-8-4-13-9(5-12-8)16-1-2-17-7-14-15-10(17)6-16/h4-5,7H,1-3,6,11H2. The van der Waals surface area contributed by atoms with Crippen molar-refractivity contribution in [1.29, 1.82) is 0 Å². The molecule has 7 heteroatoms. The van der Waals surface area contributed by atoms with E-state index in [1.165, 1.54) is 0 Å². The van der Waals surface area contributed by atoms with Crippen molar-refractivity contribution in [1.82, 2.24) is 24.7 Å². The number of rotatable bonds is 2. The molecule has 0 bridgehead atoms. The highest BCUT2D eigenvalue weighted by atomic mass is 15.3. The molecular weight excluding hydrogens is 218 g/mol. The summed E-state index contributed by atoms with van der Waals surface area (Å²) in [5.74, 6) is 1.82. The maximum atomic E-state index is 5.49. The molecule has 0 amide bonds. The second kappa shape index (κ2) is 4.10. The van der Waals surface area contributed by atoms with Crippen molar-refractivity contribution in [2.75, 3.05) is 11.4 Å². The van der Waals surface area contributed by atoms with Gasteiger partial charge in [0.2, 0.25) is 0 Å². The van der Waals surface area contributed by atoms with Gasteiger partial charge in [0.1, 0.15) is 12.1 Å². The van der Waals surface area contributed by atoms with Crippen molar-refractivity contribution in [3.63, 3.8) is 0 Å². The van der Waals surface area contributed by atoms with Gasteiger partial charge in [-0.05, 0) is 0 Å². The predicted octanol–water partition coefficient (Wildman–Crippen LogP) is -0.453.